The third-order valence-corrected chi connectivity index (χ3v) is 13.9. The van der Waals surface area contributed by atoms with Crippen LogP contribution in [0.3, 0.4) is 0 Å². The molecule has 1 fully saturated rings. The lowest BCUT2D eigenvalue weighted by atomic mass is 9.56. The molecule has 1 saturated carbocycles. The van der Waals surface area contributed by atoms with E-state index in [1.54, 1.807) is 0 Å². The van der Waals surface area contributed by atoms with Gasteiger partial charge in [0.2, 0.25) is 0 Å². The summed E-state index contributed by atoms with van der Waals surface area (Å²) < 4.78 is 7.76. The van der Waals surface area contributed by atoms with Crippen LogP contribution in [0, 0.1) is 10.8 Å². The smallest absolute Gasteiger partial charge is 0.261 e. The molecule has 2 aromatic carbocycles. The van der Waals surface area contributed by atoms with Gasteiger partial charge in [-0.25, -0.2) is 0 Å². The molecular weight excluding hydrogens is 432 g/mol. The van der Waals surface area contributed by atoms with E-state index in [4.69, 9.17) is 4.43 Å². The Balaban J connectivity index is 1.69. The van der Waals surface area contributed by atoms with Gasteiger partial charge in [0.1, 0.15) is 0 Å². The van der Waals surface area contributed by atoms with Crippen LogP contribution < -0.4 is 10.4 Å². The van der Waals surface area contributed by atoms with Gasteiger partial charge in [-0.15, -0.1) is 0 Å². The van der Waals surface area contributed by atoms with E-state index in [1.807, 2.05) is 6.08 Å². The molecule has 0 N–H and O–H groups in total. The van der Waals surface area contributed by atoms with Crippen molar-refractivity contribution in [3.63, 3.8) is 0 Å². The molecule has 0 unspecified atom stereocenters. The summed E-state index contributed by atoms with van der Waals surface area (Å²) in [6.45, 7) is 11.9. The predicted molar refractivity (Wildman–Crippen MR) is 143 cm³/mol. The molecule has 0 spiro atoms. The van der Waals surface area contributed by atoms with Crippen LogP contribution in [0.25, 0.3) is 0 Å². The first kappa shape index (κ1) is 23.5. The molecule has 178 valence electrons. The van der Waals surface area contributed by atoms with Gasteiger partial charge in [0.15, 0.2) is 5.78 Å². The van der Waals surface area contributed by atoms with Crippen LogP contribution in [0.4, 0.5) is 0 Å². The van der Waals surface area contributed by atoms with E-state index in [1.165, 1.54) is 21.5 Å². The summed E-state index contributed by atoms with van der Waals surface area (Å²) in [5, 5.41) is 2.63. The number of hydrogen-bond acceptors (Lipinski definition) is 2. The molecule has 0 aromatic heterocycles. The number of ketones is 1. The maximum atomic E-state index is 12.4. The monoisotopic (exact) mass is 470 g/mol. The highest BCUT2D eigenvalue weighted by Crippen LogP contribution is 2.61. The molecule has 3 atom stereocenters. The molecule has 0 aliphatic heterocycles. The number of hydrogen-bond donors (Lipinski definition) is 0. The van der Waals surface area contributed by atoms with Gasteiger partial charge in [-0.05, 0) is 63.7 Å². The zero-order valence-electron chi connectivity index (χ0n) is 21.4. The van der Waals surface area contributed by atoms with Gasteiger partial charge in [-0.2, -0.15) is 0 Å². The maximum absolute atomic E-state index is 12.4. The molecule has 2 nitrogen and oxygen atoms in total. The molecule has 34 heavy (non-hydrogen) atoms. The summed E-state index contributed by atoms with van der Waals surface area (Å²) in [4.78, 5) is 12.4. The van der Waals surface area contributed by atoms with Crippen molar-refractivity contribution in [2.24, 2.45) is 10.8 Å². The van der Waals surface area contributed by atoms with E-state index in [2.05, 4.69) is 101 Å². The highest BCUT2D eigenvalue weighted by atomic mass is 28.4. The van der Waals surface area contributed by atoms with Crippen molar-refractivity contribution in [1.29, 1.82) is 0 Å². The van der Waals surface area contributed by atoms with Crippen molar-refractivity contribution in [3.05, 3.63) is 84.0 Å². The van der Waals surface area contributed by atoms with Crippen LogP contribution in [0.1, 0.15) is 66.7 Å². The van der Waals surface area contributed by atoms with Crippen molar-refractivity contribution in [3.8, 4) is 0 Å². The average Bonchev–Trinajstić information content (AvgIpc) is 3.21. The summed E-state index contributed by atoms with van der Waals surface area (Å²) in [5.41, 5.74) is 2.62. The van der Waals surface area contributed by atoms with Crippen LogP contribution in [0.15, 0.2) is 84.0 Å². The normalized spacial score (nSPS) is 29.2. The first-order valence-electron chi connectivity index (χ1n) is 12.9. The Morgan fingerprint density at radius 3 is 2.03 bits per heavy atom. The quantitative estimate of drug-likeness (QED) is 0.486. The Morgan fingerprint density at radius 1 is 0.882 bits per heavy atom. The molecule has 0 radical (unpaired) electrons. The van der Waals surface area contributed by atoms with Gasteiger partial charge in [-0.1, -0.05) is 101 Å². The van der Waals surface area contributed by atoms with Crippen molar-refractivity contribution in [2.75, 3.05) is 0 Å². The molecule has 2 aromatic rings. The minimum Gasteiger partial charge on any atom is -0.404 e. The van der Waals surface area contributed by atoms with E-state index in [-0.39, 0.29) is 27.8 Å². The van der Waals surface area contributed by atoms with E-state index in [0.29, 0.717) is 6.42 Å². The first-order valence-corrected chi connectivity index (χ1v) is 14.8. The Kier molecular flexibility index (Phi) is 5.65. The number of rotatable bonds is 4. The fourth-order valence-electron chi connectivity index (χ4n) is 6.90. The minimum absolute atomic E-state index is 0.000337. The lowest BCUT2D eigenvalue weighted by Crippen LogP contribution is -2.69. The Hall–Kier alpha value is -2.23. The van der Waals surface area contributed by atoms with Crippen LogP contribution in [-0.4, -0.2) is 20.2 Å². The Labute approximate surface area is 206 Å². The second kappa shape index (κ2) is 8.17. The fraction of sp³-hybridized carbons (Fsp3) is 0.452. The Bertz CT molecular complexity index is 1100. The Morgan fingerprint density at radius 2 is 1.47 bits per heavy atom. The van der Waals surface area contributed by atoms with Crippen molar-refractivity contribution < 1.29 is 9.22 Å². The molecule has 5 rings (SSSR count). The average molecular weight is 471 g/mol. The first-order chi connectivity index (χ1) is 16.1. The standard InChI is InChI=1S/C31H38O2Si/c1-29(2,3)34(24-13-8-6-9-14-24,25-15-10-7-11-16-25)33-28-22-30(4)20-18-23(32)21-27(30)26-17-12-19-31(26,28)5/h6-11,13-17,21,28H,12,18-20,22H2,1-5H3/t28-,30-,31-/m0/s1. The lowest BCUT2D eigenvalue weighted by molar-refractivity contribution is -0.116. The van der Waals surface area contributed by atoms with Gasteiger partial charge in [-0.3, -0.25) is 4.79 Å². The largest absolute Gasteiger partial charge is 0.404 e. The van der Waals surface area contributed by atoms with E-state index >= 15 is 0 Å². The lowest BCUT2D eigenvalue weighted by Gasteiger charge is -2.55. The van der Waals surface area contributed by atoms with Crippen LogP contribution in [0.5, 0.6) is 0 Å². The van der Waals surface area contributed by atoms with Crippen molar-refractivity contribution in [2.45, 2.75) is 77.9 Å². The summed E-state index contributed by atoms with van der Waals surface area (Å²) in [6.07, 6.45) is 9.19. The number of carbonyl (C=O) groups excluding carboxylic acids is 1. The van der Waals surface area contributed by atoms with Crippen LogP contribution in [0.2, 0.25) is 5.04 Å². The van der Waals surface area contributed by atoms with Gasteiger partial charge >= 0.3 is 0 Å². The number of fused-ring (bicyclic) bond motifs is 3. The molecular formula is C31H38O2Si. The van der Waals surface area contributed by atoms with E-state index in [0.717, 1.165) is 25.7 Å². The minimum atomic E-state index is -2.66. The molecule has 0 amide bonds. The third-order valence-electron chi connectivity index (χ3n) is 8.88. The molecule has 3 aliphatic carbocycles. The van der Waals surface area contributed by atoms with Gasteiger partial charge in [0.25, 0.3) is 8.32 Å². The van der Waals surface area contributed by atoms with Gasteiger partial charge in [0, 0.05) is 11.8 Å². The SMILES string of the molecule is CC(C)(C)[Si](O[C@H]1C[C@]2(C)CCC(=O)C=C2C2=CCC[C@@]21C)(c1ccccc1)c1ccccc1. The fourth-order valence-corrected chi connectivity index (χ4v) is 11.7. The van der Waals surface area contributed by atoms with E-state index in [9.17, 15) is 4.79 Å². The highest BCUT2D eigenvalue weighted by molar-refractivity contribution is 6.99. The molecule has 0 heterocycles. The second-order valence-electron chi connectivity index (χ2n) is 12.1. The van der Waals surface area contributed by atoms with Crippen molar-refractivity contribution >= 4 is 24.5 Å². The zero-order chi connectivity index (χ0) is 24.2. The zero-order valence-corrected chi connectivity index (χ0v) is 22.4. The molecule has 3 aliphatic rings. The third kappa shape index (κ3) is 3.51. The second-order valence-corrected chi connectivity index (χ2v) is 16.4. The van der Waals surface area contributed by atoms with Crippen LogP contribution in [-0.2, 0) is 9.22 Å². The number of carbonyl (C=O) groups is 1. The van der Waals surface area contributed by atoms with Gasteiger partial charge < -0.3 is 4.43 Å². The van der Waals surface area contributed by atoms with Crippen LogP contribution >= 0.6 is 0 Å². The summed E-state index contributed by atoms with van der Waals surface area (Å²) in [5.74, 6) is 0.286. The summed E-state index contributed by atoms with van der Waals surface area (Å²) >= 11 is 0. The van der Waals surface area contributed by atoms with Crippen molar-refractivity contribution in [1.82, 2.24) is 0 Å². The number of benzene rings is 2. The summed E-state index contributed by atoms with van der Waals surface area (Å²) in [6, 6.07) is 22.0. The predicted octanol–water partition coefficient (Wildman–Crippen LogP) is 6.36. The molecule has 0 saturated heterocycles. The topological polar surface area (TPSA) is 26.3 Å². The van der Waals surface area contributed by atoms with E-state index < -0.39 is 8.32 Å². The maximum Gasteiger partial charge on any atom is 0.261 e. The molecule has 3 heteroatoms. The molecule has 0 bridgehead atoms. The number of allylic oxidation sites excluding steroid dienone is 3. The summed E-state index contributed by atoms with van der Waals surface area (Å²) in [7, 11) is -2.66. The van der Waals surface area contributed by atoms with Gasteiger partial charge in [0.05, 0.1) is 6.10 Å². The highest BCUT2D eigenvalue weighted by Gasteiger charge is 2.58.